The molecule has 0 saturated carbocycles. The van der Waals surface area contributed by atoms with Crippen LogP contribution in [0.15, 0.2) is 45.8 Å². The van der Waals surface area contributed by atoms with E-state index in [1.807, 2.05) is 57.2 Å². The average Bonchev–Trinajstić information content (AvgIpc) is 3.02. The molecule has 1 aromatic heterocycles. The van der Waals surface area contributed by atoms with Crippen LogP contribution in [0.2, 0.25) is 0 Å². The molecule has 0 aliphatic rings. The second kappa shape index (κ2) is 11.8. The number of benzene rings is 1. The largest absolute Gasteiger partial charge is 0.466 e. The van der Waals surface area contributed by atoms with Gasteiger partial charge in [-0.3, -0.25) is 4.79 Å². The lowest BCUT2D eigenvalue weighted by Gasteiger charge is -2.24. The number of halogens is 1. The van der Waals surface area contributed by atoms with Gasteiger partial charge in [0.2, 0.25) is 5.91 Å². The fourth-order valence-electron chi connectivity index (χ4n) is 2.86. The minimum absolute atomic E-state index is 0. The zero-order valence-corrected chi connectivity index (χ0v) is 19.7. The quantitative estimate of drug-likeness (QED) is 0.247. The topological polar surface area (TPSA) is 98.9 Å². The summed E-state index contributed by atoms with van der Waals surface area (Å²) in [5.41, 5.74) is 0.633. The highest BCUT2D eigenvalue weighted by Crippen LogP contribution is 2.26. The Hall–Kier alpha value is -2.07. The first-order valence-electron chi connectivity index (χ1n) is 9.44. The smallest absolute Gasteiger partial charge is 0.242 e. The van der Waals surface area contributed by atoms with E-state index in [1.165, 1.54) is 0 Å². The molecule has 0 saturated heterocycles. The summed E-state index contributed by atoms with van der Waals surface area (Å²) in [4.78, 5) is 16.4. The Morgan fingerprint density at radius 2 is 1.86 bits per heavy atom. The first-order chi connectivity index (χ1) is 13.3. The summed E-state index contributed by atoms with van der Waals surface area (Å²) in [6, 6.07) is 11.5. The molecule has 0 aliphatic heterocycles. The van der Waals surface area contributed by atoms with Crippen molar-refractivity contribution < 1.29 is 14.3 Å². The summed E-state index contributed by atoms with van der Waals surface area (Å²) >= 11 is 0. The Bertz CT molecular complexity index is 804. The predicted octanol–water partition coefficient (Wildman–Crippen LogP) is 2.59. The van der Waals surface area contributed by atoms with Gasteiger partial charge in [0.15, 0.2) is 5.96 Å². The van der Waals surface area contributed by atoms with E-state index in [0.29, 0.717) is 24.8 Å². The van der Waals surface area contributed by atoms with Crippen LogP contribution in [-0.4, -0.2) is 36.6 Å². The maximum Gasteiger partial charge on any atom is 0.242 e. The zero-order chi connectivity index (χ0) is 20.6. The van der Waals surface area contributed by atoms with Crippen LogP contribution in [0.1, 0.15) is 36.5 Å². The number of carbonyl (C=O) groups is 1. The molecule has 0 bridgehead atoms. The molecular formula is C21H31IN4O3. The summed E-state index contributed by atoms with van der Waals surface area (Å²) in [5.74, 6) is 1.74. The molecule has 1 unspecified atom stereocenters. The minimum Gasteiger partial charge on any atom is -0.466 e. The monoisotopic (exact) mass is 514 g/mol. The van der Waals surface area contributed by atoms with Gasteiger partial charge in [0, 0.05) is 18.7 Å². The van der Waals surface area contributed by atoms with Gasteiger partial charge in [-0.05, 0) is 39.3 Å². The number of hydrogen-bond donors (Lipinski definition) is 4. The van der Waals surface area contributed by atoms with Crippen molar-refractivity contribution in [3.05, 3.63) is 59.0 Å². The van der Waals surface area contributed by atoms with E-state index in [2.05, 4.69) is 20.9 Å². The molecule has 1 aromatic carbocycles. The molecule has 1 amide bonds. The molecule has 0 radical (unpaired) electrons. The lowest BCUT2D eigenvalue weighted by atomic mass is 9.96. The van der Waals surface area contributed by atoms with Crippen LogP contribution in [0, 0.1) is 13.8 Å². The molecular weight excluding hydrogens is 483 g/mol. The van der Waals surface area contributed by atoms with E-state index in [0.717, 1.165) is 16.9 Å². The molecule has 160 valence electrons. The fourth-order valence-corrected chi connectivity index (χ4v) is 2.86. The highest BCUT2D eigenvalue weighted by atomic mass is 127. The van der Waals surface area contributed by atoms with Crippen molar-refractivity contribution in [2.45, 2.75) is 39.8 Å². The van der Waals surface area contributed by atoms with E-state index < -0.39 is 5.60 Å². The van der Waals surface area contributed by atoms with Gasteiger partial charge in [0.05, 0.1) is 6.54 Å². The first kappa shape index (κ1) is 25.0. The van der Waals surface area contributed by atoms with Crippen LogP contribution in [-0.2, 0) is 16.9 Å². The first-order valence-corrected chi connectivity index (χ1v) is 9.44. The van der Waals surface area contributed by atoms with Crippen LogP contribution in [0.25, 0.3) is 0 Å². The maximum atomic E-state index is 12.1. The molecule has 0 fully saturated rings. The minimum atomic E-state index is -1.13. The number of guanidine groups is 1. The molecule has 29 heavy (non-hydrogen) atoms. The molecule has 1 atom stereocenters. The second-order valence-electron chi connectivity index (χ2n) is 6.91. The Morgan fingerprint density at radius 1 is 1.17 bits per heavy atom. The highest BCUT2D eigenvalue weighted by Gasteiger charge is 2.27. The zero-order valence-electron chi connectivity index (χ0n) is 17.4. The third-order valence-electron chi connectivity index (χ3n) is 4.28. The van der Waals surface area contributed by atoms with Crippen LogP contribution >= 0.6 is 24.0 Å². The fraction of sp³-hybridized carbons (Fsp3) is 0.429. The lowest BCUT2D eigenvalue weighted by molar-refractivity contribution is -0.119. The molecule has 7 nitrogen and oxygen atoms in total. The van der Waals surface area contributed by atoms with Crippen LogP contribution in [0.3, 0.4) is 0 Å². The van der Waals surface area contributed by atoms with Crippen molar-refractivity contribution in [3.63, 3.8) is 0 Å². The summed E-state index contributed by atoms with van der Waals surface area (Å²) in [6.45, 7) is 8.66. The van der Waals surface area contributed by atoms with Gasteiger partial charge >= 0.3 is 0 Å². The second-order valence-corrected chi connectivity index (χ2v) is 6.91. The molecule has 0 spiro atoms. The molecule has 0 aliphatic carbocycles. The van der Waals surface area contributed by atoms with Gasteiger partial charge < -0.3 is 25.5 Å². The van der Waals surface area contributed by atoms with Gasteiger partial charge in [0.25, 0.3) is 0 Å². The summed E-state index contributed by atoms with van der Waals surface area (Å²) in [7, 11) is 0. The molecule has 8 heteroatoms. The Kier molecular flexibility index (Phi) is 10.2. The summed E-state index contributed by atoms with van der Waals surface area (Å²) in [6.07, 6.45) is 0. The molecule has 4 N–H and O–H groups in total. The normalized spacial score (nSPS) is 13.2. The summed E-state index contributed by atoms with van der Waals surface area (Å²) < 4.78 is 5.51. The Labute approximate surface area is 189 Å². The number of amides is 1. The Morgan fingerprint density at radius 3 is 2.45 bits per heavy atom. The number of nitrogens with one attached hydrogen (secondary N) is 3. The van der Waals surface area contributed by atoms with Crippen LogP contribution in [0.5, 0.6) is 0 Å². The van der Waals surface area contributed by atoms with Crippen molar-refractivity contribution in [2.75, 3.05) is 19.6 Å². The van der Waals surface area contributed by atoms with Gasteiger partial charge in [-0.25, -0.2) is 4.99 Å². The number of nitrogens with zero attached hydrogens (tertiary/aromatic N) is 1. The molecule has 1 heterocycles. The average molecular weight is 514 g/mol. The van der Waals surface area contributed by atoms with E-state index in [1.54, 1.807) is 6.92 Å². The SMILES string of the molecule is CCNC(=NCC(=O)NCc1ccccc1)NCC(C)(O)c1cc(C)oc1C.I. The number of carbonyl (C=O) groups excluding carboxylic acids is 1. The van der Waals surface area contributed by atoms with Crippen molar-refractivity contribution in [3.8, 4) is 0 Å². The third-order valence-corrected chi connectivity index (χ3v) is 4.28. The standard InChI is InChI=1S/C21H30N4O3.HI/c1-5-22-20(24-13-19(26)23-12-17-9-7-6-8-10-17)25-14-21(4,27)18-11-15(2)28-16(18)3;/h6-11,27H,5,12-14H2,1-4H3,(H,23,26)(H2,22,24,25);1H. The van der Waals surface area contributed by atoms with Crippen molar-refractivity contribution in [1.29, 1.82) is 0 Å². The summed E-state index contributed by atoms with van der Waals surface area (Å²) in [5, 5.41) is 19.8. The van der Waals surface area contributed by atoms with Crippen molar-refractivity contribution in [1.82, 2.24) is 16.0 Å². The number of hydrogen-bond acceptors (Lipinski definition) is 4. The number of aliphatic hydroxyl groups is 1. The van der Waals surface area contributed by atoms with E-state index in [-0.39, 0.29) is 43.0 Å². The van der Waals surface area contributed by atoms with Crippen LogP contribution < -0.4 is 16.0 Å². The number of rotatable bonds is 8. The maximum absolute atomic E-state index is 12.1. The predicted molar refractivity (Wildman–Crippen MR) is 125 cm³/mol. The molecule has 2 aromatic rings. The van der Waals surface area contributed by atoms with E-state index in [4.69, 9.17) is 4.42 Å². The highest BCUT2D eigenvalue weighted by molar-refractivity contribution is 14.0. The van der Waals surface area contributed by atoms with Gasteiger partial charge in [-0.2, -0.15) is 0 Å². The third kappa shape index (κ3) is 8.06. The Balaban J connectivity index is 0.00000420. The van der Waals surface area contributed by atoms with E-state index in [9.17, 15) is 9.90 Å². The van der Waals surface area contributed by atoms with E-state index >= 15 is 0 Å². The molecule has 2 rings (SSSR count). The van der Waals surface area contributed by atoms with Gasteiger partial charge in [-0.15, -0.1) is 24.0 Å². The number of aliphatic imine (C=N–C) groups is 1. The van der Waals surface area contributed by atoms with Crippen LogP contribution in [0.4, 0.5) is 0 Å². The van der Waals surface area contributed by atoms with Crippen molar-refractivity contribution >= 4 is 35.8 Å². The van der Waals surface area contributed by atoms with Gasteiger partial charge in [0.1, 0.15) is 23.7 Å². The number of aryl methyl sites for hydroxylation is 2. The van der Waals surface area contributed by atoms with Gasteiger partial charge in [-0.1, -0.05) is 30.3 Å². The lowest BCUT2D eigenvalue weighted by Crippen LogP contribution is -2.45. The number of furan rings is 1. The van der Waals surface area contributed by atoms with Crippen molar-refractivity contribution in [2.24, 2.45) is 4.99 Å².